The van der Waals surface area contributed by atoms with Crippen LogP contribution in [0.4, 0.5) is 5.69 Å². The highest BCUT2D eigenvalue weighted by Gasteiger charge is 2.02. The van der Waals surface area contributed by atoms with Crippen molar-refractivity contribution in [1.82, 2.24) is 4.98 Å². The second kappa shape index (κ2) is 5.12. The molecule has 0 spiro atoms. The van der Waals surface area contributed by atoms with Crippen LogP contribution in [-0.4, -0.2) is 11.0 Å². The summed E-state index contributed by atoms with van der Waals surface area (Å²) in [5.41, 5.74) is 4.14. The third-order valence-electron chi connectivity index (χ3n) is 2.55. The standard InChI is InChI=1S/C13H16N2S/c1-3-4-5-10(2)15-11-6-7-12-13(8-11)16-9-14-12/h3,6-10,15H,1,4-5H2,2H3. The van der Waals surface area contributed by atoms with Crippen LogP contribution >= 0.6 is 11.3 Å². The third-order valence-corrected chi connectivity index (χ3v) is 3.34. The molecule has 84 valence electrons. The van der Waals surface area contributed by atoms with Crippen molar-refractivity contribution in [3.63, 3.8) is 0 Å². The molecule has 1 aromatic carbocycles. The molecule has 2 rings (SSSR count). The fraction of sp³-hybridized carbons (Fsp3) is 0.308. The van der Waals surface area contributed by atoms with Gasteiger partial charge in [-0.15, -0.1) is 17.9 Å². The molecule has 0 aliphatic rings. The van der Waals surface area contributed by atoms with Crippen LogP contribution in [0.15, 0.2) is 36.4 Å². The normalized spacial score (nSPS) is 12.6. The van der Waals surface area contributed by atoms with E-state index in [-0.39, 0.29) is 0 Å². The Morgan fingerprint density at radius 3 is 3.25 bits per heavy atom. The molecule has 0 radical (unpaired) electrons. The Labute approximate surface area is 100 Å². The number of nitrogens with zero attached hydrogens (tertiary/aromatic N) is 1. The van der Waals surface area contributed by atoms with E-state index in [4.69, 9.17) is 0 Å². The van der Waals surface area contributed by atoms with E-state index < -0.39 is 0 Å². The highest BCUT2D eigenvalue weighted by atomic mass is 32.1. The minimum atomic E-state index is 0.475. The van der Waals surface area contributed by atoms with Gasteiger partial charge in [0, 0.05) is 11.7 Å². The summed E-state index contributed by atoms with van der Waals surface area (Å²) < 4.78 is 1.24. The summed E-state index contributed by atoms with van der Waals surface area (Å²) >= 11 is 1.68. The molecule has 1 atom stereocenters. The molecule has 0 aliphatic carbocycles. The molecule has 1 unspecified atom stereocenters. The monoisotopic (exact) mass is 232 g/mol. The maximum atomic E-state index is 4.27. The van der Waals surface area contributed by atoms with Gasteiger partial charge in [-0.3, -0.25) is 0 Å². The summed E-state index contributed by atoms with van der Waals surface area (Å²) in [5, 5.41) is 3.49. The summed E-state index contributed by atoms with van der Waals surface area (Å²) in [6.07, 6.45) is 4.13. The first-order valence-electron chi connectivity index (χ1n) is 5.50. The molecule has 16 heavy (non-hydrogen) atoms. The summed E-state index contributed by atoms with van der Waals surface area (Å²) in [7, 11) is 0. The lowest BCUT2D eigenvalue weighted by molar-refractivity contribution is 0.719. The van der Waals surface area contributed by atoms with Gasteiger partial charge >= 0.3 is 0 Å². The number of aromatic nitrogens is 1. The largest absolute Gasteiger partial charge is 0.383 e. The summed E-state index contributed by atoms with van der Waals surface area (Å²) in [4.78, 5) is 4.27. The fourth-order valence-electron chi connectivity index (χ4n) is 1.67. The first kappa shape index (κ1) is 11.1. The maximum absolute atomic E-state index is 4.27. The van der Waals surface area contributed by atoms with Gasteiger partial charge in [0.15, 0.2) is 0 Å². The lowest BCUT2D eigenvalue weighted by Gasteiger charge is -2.14. The molecule has 0 fully saturated rings. The van der Waals surface area contributed by atoms with Crippen LogP contribution in [0.3, 0.4) is 0 Å². The second-order valence-electron chi connectivity index (χ2n) is 3.95. The Bertz CT molecular complexity index is 475. The summed E-state index contributed by atoms with van der Waals surface area (Å²) in [6, 6.07) is 6.79. The van der Waals surface area contributed by atoms with E-state index in [1.165, 1.54) is 10.4 Å². The first-order chi connectivity index (χ1) is 7.79. The van der Waals surface area contributed by atoms with Crippen molar-refractivity contribution >= 4 is 27.2 Å². The van der Waals surface area contributed by atoms with Gasteiger partial charge in [0.1, 0.15) is 0 Å². The van der Waals surface area contributed by atoms with Gasteiger partial charge in [-0.05, 0) is 38.0 Å². The number of allylic oxidation sites excluding steroid dienone is 1. The van der Waals surface area contributed by atoms with Gasteiger partial charge in [0.05, 0.1) is 15.7 Å². The maximum Gasteiger partial charge on any atom is 0.0813 e. The number of hydrogen-bond acceptors (Lipinski definition) is 3. The van der Waals surface area contributed by atoms with Crippen molar-refractivity contribution in [2.75, 3.05) is 5.32 Å². The zero-order valence-corrected chi connectivity index (χ0v) is 10.3. The fourth-order valence-corrected chi connectivity index (χ4v) is 2.39. The van der Waals surface area contributed by atoms with Crippen molar-refractivity contribution in [2.24, 2.45) is 0 Å². The molecule has 0 aliphatic heterocycles. The highest BCUT2D eigenvalue weighted by molar-refractivity contribution is 7.16. The number of anilines is 1. The molecule has 2 nitrogen and oxygen atoms in total. The molecule has 0 bridgehead atoms. The van der Waals surface area contributed by atoms with E-state index in [1.54, 1.807) is 11.3 Å². The van der Waals surface area contributed by atoms with E-state index in [1.807, 2.05) is 11.6 Å². The zero-order valence-electron chi connectivity index (χ0n) is 9.44. The molecular formula is C13H16N2S. The van der Waals surface area contributed by atoms with Gasteiger partial charge < -0.3 is 5.32 Å². The Balaban J connectivity index is 2.05. The number of fused-ring (bicyclic) bond motifs is 1. The second-order valence-corrected chi connectivity index (χ2v) is 4.83. The molecule has 3 heteroatoms. The number of nitrogens with one attached hydrogen (secondary N) is 1. The number of hydrogen-bond donors (Lipinski definition) is 1. The first-order valence-corrected chi connectivity index (χ1v) is 6.38. The summed E-state index contributed by atoms with van der Waals surface area (Å²) in [5.74, 6) is 0. The number of benzene rings is 1. The average Bonchev–Trinajstić information content (AvgIpc) is 2.73. The van der Waals surface area contributed by atoms with E-state index in [0.29, 0.717) is 6.04 Å². The molecule has 1 heterocycles. The van der Waals surface area contributed by atoms with Crippen LogP contribution in [0, 0.1) is 0 Å². The Kier molecular flexibility index (Phi) is 3.57. The van der Waals surface area contributed by atoms with Crippen LogP contribution in [0.5, 0.6) is 0 Å². The molecule has 1 N–H and O–H groups in total. The lowest BCUT2D eigenvalue weighted by atomic mass is 10.1. The van der Waals surface area contributed by atoms with Crippen LogP contribution in [0.1, 0.15) is 19.8 Å². The Morgan fingerprint density at radius 1 is 1.56 bits per heavy atom. The summed E-state index contributed by atoms with van der Waals surface area (Å²) in [6.45, 7) is 5.93. The third kappa shape index (κ3) is 2.61. The molecular weight excluding hydrogens is 216 g/mol. The molecule has 0 amide bonds. The van der Waals surface area contributed by atoms with Crippen molar-refractivity contribution in [1.29, 1.82) is 0 Å². The highest BCUT2D eigenvalue weighted by Crippen LogP contribution is 2.22. The van der Waals surface area contributed by atoms with Crippen molar-refractivity contribution in [3.8, 4) is 0 Å². The molecule has 0 saturated carbocycles. The zero-order chi connectivity index (χ0) is 11.4. The van der Waals surface area contributed by atoms with Crippen LogP contribution in [-0.2, 0) is 0 Å². The predicted octanol–water partition coefficient (Wildman–Crippen LogP) is 4.06. The van der Waals surface area contributed by atoms with Gasteiger partial charge in [-0.2, -0.15) is 0 Å². The molecule has 2 aromatic rings. The van der Waals surface area contributed by atoms with E-state index >= 15 is 0 Å². The lowest BCUT2D eigenvalue weighted by Crippen LogP contribution is -2.14. The molecule has 0 saturated heterocycles. The van der Waals surface area contributed by atoms with Crippen molar-refractivity contribution < 1.29 is 0 Å². The van der Waals surface area contributed by atoms with Gasteiger partial charge in [-0.1, -0.05) is 6.08 Å². The van der Waals surface area contributed by atoms with E-state index in [9.17, 15) is 0 Å². The SMILES string of the molecule is C=CCCC(C)Nc1ccc2ncsc2c1. The van der Waals surface area contributed by atoms with Crippen LogP contribution in [0.25, 0.3) is 10.2 Å². The minimum Gasteiger partial charge on any atom is -0.383 e. The van der Waals surface area contributed by atoms with Crippen LogP contribution in [0.2, 0.25) is 0 Å². The quantitative estimate of drug-likeness (QED) is 0.786. The van der Waals surface area contributed by atoms with Gasteiger partial charge in [0.25, 0.3) is 0 Å². The number of rotatable bonds is 5. The smallest absolute Gasteiger partial charge is 0.0813 e. The van der Waals surface area contributed by atoms with E-state index in [2.05, 4.69) is 42.0 Å². The topological polar surface area (TPSA) is 24.9 Å². The molecule has 1 aromatic heterocycles. The van der Waals surface area contributed by atoms with Gasteiger partial charge in [0.2, 0.25) is 0 Å². The van der Waals surface area contributed by atoms with Gasteiger partial charge in [-0.25, -0.2) is 4.98 Å². The van der Waals surface area contributed by atoms with E-state index in [0.717, 1.165) is 18.4 Å². The van der Waals surface area contributed by atoms with Crippen molar-refractivity contribution in [2.45, 2.75) is 25.8 Å². The Morgan fingerprint density at radius 2 is 2.44 bits per heavy atom. The minimum absolute atomic E-state index is 0.475. The Hall–Kier alpha value is -1.35. The predicted molar refractivity (Wildman–Crippen MR) is 72.1 cm³/mol. The van der Waals surface area contributed by atoms with Crippen molar-refractivity contribution in [3.05, 3.63) is 36.4 Å². The average molecular weight is 232 g/mol. The van der Waals surface area contributed by atoms with Crippen LogP contribution < -0.4 is 5.32 Å². The number of thiazole rings is 1.